The van der Waals surface area contributed by atoms with Crippen LogP contribution in [0.5, 0.6) is 0 Å². The summed E-state index contributed by atoms with van der Waals surface area (Å²) in [5, 5.41) is 9.71. The van der Waals surface area contributed by atoms with Crippen LogP contribution in [0.25, 0.3) is 0 Å². The predicted molar refractivity (Wildman–Crippen MR) is 60.1 cm³/mol. The third-order valence-corrected chi connectivity index (χ3v) is 2.55. The fourth-order valence-electron chi connectivity index (χ4n) is 1.38. The second-order valence-corrected chi connectivity index (χ2v) is 3.69. The predicted octanol–water partition coefficient (Wildman–Crippen LogP) is 2.80. The molecule has 1 aromatic rings. The summed E-state index contributed by atoms with van der Waals surface area (Å²) in [4.78, 5) is 0. The molecule has 0 saturated carbocycles. The zero-order valence-electron chi connectivity index (χ0n) is 8.69. The number of rotatable bonds is 5. The van der Waals surface area contributed by atoms with Gasteiger partial charge in [-0.1, -0.05) is 43.3 Å². The quantitative estimate of drug-likeness (QED) is 0.708. The SMILES string of the molecule is C=C[C@H](C)[C@H](O)CCc1ccccc1. The Morgan fingerprint density at radius 2 is 2.00 bits per heavy atom. The number of hydrogen-bond donors (Lipinski definition) is 1. The molecule has 76 valence electrons. The van der Waals surface area contributed by atoms with Crippen LogP contribution in [0.15, 0.2) is 43.0 Å². The number of hydrogen-bond acceptors (Lipinski definition) is 1. The van der Waals surface area contributed by atoms with E-state index in [0.29, 0.717) is 0 Å². The van der Waals surface area contributed by atoms with Gasteiger partial charge in [-0.15, -0.1) is 6.58 Å². The molecule has 1 N–H and O–H groups in total. The van der Waals surface area contributed by atoms with E-state index >= 15 is 0 Å². The molecule has 0 unspecified atom stereocenters. The number of aliphatic hydroxyl groups excluding tert-OH is 1. The van der Waals surface area contributed by atoms with Gasteiger partial charge in [0.15, 0.2) is 0 Å². The second-order valence-electron chi connectivity index (χ2n) is 3.69. The molecule has 0 amide bonds. The topological polar surface area (TPSA) is 20.2 Å². The number of aliphatic hydroxyl groups is 1. The lowest BCUT2D eigenvalue weighted by Crippen LogP contribution is -2.16. The highest BCUT2D eigenvalue weighted by atomic mass is 16.3. The molecular formula is C13H18O. The van der Waals surface area contributed by atoms with Crippen LogP contribution < -0.4 is 0 Å². The Kier molecular flexibility index (Phi) is 4.41. The van der Waals surface area contributed by atoms with Gasteiger partial charge in [0.1, 0.15) is 0 Å². The summed E-state index contributed by atoms with van der Waals surface area (Å²) in [6.07, 6.45) is 3.26. The first-order chi connectivity index (χ1) is 6.74. The molecular weight excluding hydrogens is 172 g/mol. The largest absolute Gasteiger partial charge is 0.393 e. The second kappa shape index (κ2) is 5.61. The van der Waals surface area contributed by atoms with E-state index in [1.807, 2.05) is 25.1 Å². The van der Waals surface area contributed by atoms with E-state index in [1.54, 1.807) is 6.08 Å². The number of benzene rings is 1. The third kappa shape index (κ3) is 3.35. The van der Waals surface area contributed by atoms with Crippen molar-refractivity contribution in [2.45, 2.75) is 25.9 Å². The molecule has 1 heteroatoms. The van der Waals surface area contributed by atoms with Crippen LogP contribution in [-0.2, 0) is 6.42 Å². The van der Waals surface area contributed by atoms with Gasteiger partial charge in [0, 0.05) is 0 Å². The molecule has 2 atom stereocenters. The molecule has 0 saturated heterocycles. The maximum atomic E-state index is 9.71. The van der Waals surface area contributed by atoms with Crippen molar-refractivity contribution in [1.82, 2.24) is 0 Å². The molecule has 0 aliphatic rings. The first-order valence-corrected chi connectivity index (χ1v) is 5.08. The van der Waals surface area contributed by atoms with E-state index in [2.05, 4.69) is 18.7 Å². The van der Waals surface area contributed by atoms with Crippen LogP contribution in [0.2, 0.25) is 0 Å². The average molecular weight is 190 g/mol. The van der Waals surface area contributed by atoms with Gasteiger partial charge < -0.3 is 5.11 Å². The average Bonchev–Trinajstić information content (AvgIpc) is 2.26. The van der Waals surface area contributed by atoms with Crippen molar-refractivity contribution in [3.8, 4) is 0 Å². The Bertz CT molecular complexity index is 266. The lowest BCUT2D eigenvalue weighted by Gasteiger charge is -2.14. The van der Waals surface area contributed by atoms with E-state index in [4.69, 9.17) is 0 Å². The summed E-state index contributed by atoms with van der Waals surface area (Å²) in [6.45, 7) is 5.67. The first-order valence-electron chi connectivity index (χ1n) is 5.08. The van der Waals surface area contributed by atoms with Crippen LogP contribution >= 0.6 is 0 Å². The van der Waals surface area contributed by atoms with Crippen molar-refractivity contribution >= 4 is 0 Å². The number of aryl methyl sites for hydroxylation is 1. The van der Waals surface area contributed by atoms with Crippen molar-refractivity contribution in [1.29, 1.82) is 0 Å². The van der Waals surface area contributed by atoms with Crippen LogP contribution in [0.3, 0.4) is 0 Å². The third-order valence-electron chi connectivity index (χ3n) is 2.55. The molecule has 0 spiro atoms. The van der Waals surface area contributed by atoms with Gasteiger partial charge in [-0.25, -0.2) is 0 Å². The lowest BCUT2D eigenvalue weighted by atomic mass is 9.98. The molecule has 1 rings (SSSR count). The minimum absolute atomic E-state index is 0.179. The summed E-state index contributed by atoms with van der Waals surface area (Å²) in [5.41, 5.74) is 1.28. The van der Waals surface area contributed by atoms with Gasteiger partial charge in [-0.3, -0.25) is 0 Å². The van der Waals surface area contributed by atoms with Crippen molar-refractivity contribution in [2.24, 2.45) is 5.92 Å². The van der Waals surface area contributed by atoms with E-state index in [0.717, 1.165) is 12.8 Å². The minimum atomic E-state index is -0.271. The van der Waals surface area contributed by atoms with Gasteiger partial charge in [0.05, 0.1) is 6.10 Å². The van der Waals surface area contributed by atoms with Crippen LogP contribution in [0, 0.1) is 5.92 Å². The van der Waals surface area contributed by atoms with Gasteiger partial charge in [0.25, 0.3) is 0 Å². The Morgan fingerprint density at radius 3 is 2.57 bits per heavy atom. The monoisotopic (exact) mass is 190 g/mol. The highest BCUT2D eigenvalue weighted by Crippen LogP contribution is 2.11. The zero-order chi connectivity index (χ0) is 10.4. The van der Waals surface area contributed by atoms with E-state index in [-0.39, 0.29) is 12.0 Å². The summed E-state index contributed by atoms with van der Waals surface area (Å²) in [6, 6.07) is 10.2. The Labute approximate surface area is 86.1 Å². The highest BCUT2D eigenvalue weighted by molar-refractivity contribution is 5.14. The van der Waals surface area contributed by atoms with E-state index in [1.165, 1.54) is 5.56 Å². The van der Waals surface area contributed by atoms with Crippen LogP contribution in [0.4, 0.5) is 0 Å². The van der Waals surface area contributed by atoms with Crippen molar-refractivity contribution < 1.29 is 5.11 Å². The lowest BCUT2D eigenvalue weighted by molar-refractivity contribution is 0.129. The van der Waals surface area contributed by atoms with Crippen LogP contribution in [0.1, 0.15) is 18.9 Å². The molecule has 0 heterocycles. The maximum absolute atomic E-state index is 9.71. The first kappa shape index (κ1) is 11.0. The Hall–Kier alpha value is -1.08. The standard InChI is InChI=1S/C13H18O/c1-3-11(2)13(14)10-9-12-7-5-4-6-8-12/h3-8,11,13-14H,1,9-10H2,2H3/t11-,13+/m0/s1. The fourth-order valence-corrected chi connectivity index (χ4v) is 1.38. The van der Waals surface area contributed by atoms with Crippen molar-refractivity contribution in [3.63, 3.8) is 0 Å². The Morgan fingerprint density at radius 1 is 1.36 bits per heavy atom. The van der Waals surface area contributed by atoms with Crippen molar-refractivity contribution in [3.05, 3.63) is 48.6 Å². The molecule has 0 bridgehead atoms. The molecule has 0 aliphatic heterocycles. The molecule has 0 aromatic heterocycles. The zero-order valence-corrected chi connectivity index (χ0v) is 8.69. The van der Waals surface area contributed by atoms with Crippen molar-refractivity contribution in [2.75, 3.05) is 0 Å². The molecule has 14 heavy (non-hydrogen) atoms. The molecule has 1 nitrogen and oxygen atoms in total. The maximum Gasteiger partial charge on any atom is 0.0603 e. The molecule has 0 aliphatic carbocycles. The highest BCUT2D eigenvalue weighted by Gasteiger charge is 2.09. The summed E-state index contributed by atoms with van der Waals surface area (Å²) < 4.78 is 0. The van der Waals surface area contributed by atoms with Gasteiger partial charge >= 0.3 is 0 Å². The summed E-state index contributed by atoms with van der Waals surface area (Å²) in [5.74, 6) is 0.179. The molecule has 1 aromatic carbocycles. The molecule has 0 radical (unpaired) electrons. The van der Waals surface area contributed by atoms with Gasteiger partial charge in [-0.2, -0.15) is 0 Å². The van der Waals surface area contributed by atoms with Crippen LogP contribution in [-0.4, -0.2) is 11.2 Å². The summed E-state index contributed by atoms with van der Waals surface area (Å²) >= 11 is 0. The normalized spacial score (nSPS) is 14.7. The van der Waals surface area contributed by atoms with E-state index in [9.17, 15) is 5.11 Å². The Balaban J connectivity index is 2.37. The summed E-state index contributed by atoms with van der Waals surface area (Å²) in [7, 11) is 0. The van der Waals surface area contributed by atoms with E-state index < -0.39 is 0 Å². The fraction of sp³-hybridized carbons (Fsp3) is 0.385. The molecule has 0 fully saturated rings. The van der Waals surface area contributed by atoms with Gasteiger partial charge in [0.2, 0.25) is 0 Å². The smallest absolute Gasteiger partial charge is 0.0603 e. The van der Waals surface area contributed by atoms with Gasteiger partial charge in [-0.05, 0) is 24.3 Å². The minimum Gasteiger partial charge on any atom is -0.393 e.